The highest BCUT2D eigenvalue weighted by Crippen LogP contribution is 2.26. The highest BCUT2D eigenvalue weighted by atomic mass is 127. The van der Waals surface area contributed by atoms with Crippen LogP contribution in [0.25, 0.3) is 0 Å². The minimum Gasteiger partial charge on any atom is -0.378 e. The zero-order valence-electron chi connectivity index (χ0n) is 10.2. The van der Waals surface area contributed by atoms with Crippen LogP contribution in [-0.4, -0.2) is 9.91 Å². The van der Waals surface area contributed by atoms with E-state index in [9.17, 15) is 10.1 Å². The molecule has 19 heavy (non-hydrogen) atoms. The highest BCUT2D eigenvalue weighted by molar-refractivity contribution is 14.1. The lowest BCUT2D eigenvalue weighted by Crippen LogP contribution is -2.08. The molecule has 0 aliphatic carbocycles. The number of hydrogen-bond donors (Lipinski definition) is 1. The first-order chi connectivity index (χ1) is 9.08. The average Bonchev–Trinajstić information content (AvgIpc) is 2.41. The third kappa shape index (κ3) is 3.40. The smallest absolute Gasteiger partial charge is 0.270 e. The molecule has 1 heterocycles. The summed E-state index contributed by atoms with van der Waals surface area (Å²) in [5, 5.41) is 14.0. The molecule has 98 valence electrons. The van der Waals surface area contributed by atoms with E-state index in [4.69, 9.17) is 0 Å². The topological polar surface area (TPSA) is 68.1 Å². The van der Waals surface area contributed by atoms with Crippen LogP contribution < -0.4 is 5.32 Å². The Morgan fingerprint density at radius 2 is 2.21 bits per heavy atom. The van der Waals surface area contributed by atoms with Gasteiger partial charge in [-0.15, -0.1) is 0 Å². The standard InChI is InChI=1S/C13H12IN3O2/c1-9(10-3-2-6-15-8-10)16-13-5-4-11(17(18)19)7-12(13)14/h2-9,16H,1H3. The fraction of sp³-hybridized carbons (Fsp3) is 0.154. The number of rotatable bonds is 4. The normalized spacial score (nSPS) is 11.9. The third-order valence-corrected chi connectivity index (χ3v) is 3.61. The number of nitrogens with zero attached hydrogens (tertiary/aromatic N) is 2. The molecule has 1 aromatic carbocycles. The summed E-state index contributed by atoms with van der Waals surface area (Å²) in [6, 6.07) is 8.74. The van der Waals surface area contributed by atoms with Gasteiger partial charge in [-0.25, -0.2) is 0 Å². The van der Waals surface area contributed by atoms with Gasteiger partial charge in [-0.1, -0.05) is 6.07 Å². The van der Waals surface area contributed by atoms with Crippen LogP contribution in [0.2, 0.25) is 0 Å². The number of halogens is 1. The number of anilines is 1. The lowest BCUT2D eigenvalue weighted by atomic mass is 10.1. The van der Waals surface area contributed by atoms with Crippen molar-refractivity contribution in [2.75, 3.05) is 5.32 Å². The van der Waals surface area contributed by atoms with Gasteiger partial charge in [-0.2, -0.15) is 0 Å². The van der Waals surface area contributed by atoms with Crippen molar-refractivity contribution in [3.05, 3.63) is 62.0 Å². The first-order valence-electron chi connectivity index (χ1n) is 5.68. The molecule has 1 N–H and O–H groups in total. The Morgan fingerprint density at radius 3 is 2.79 bits per heavy atom. The number of nitro groups is 1. The number of pyridine rings is 1. The van der Waals surface area contributed by atoms with Crippen molar-refractivity contribution in [3.63, 3.8) is 0 Å². The Hall–Kier alpha value is -1.70. The van der Waals surface area contributed by atoms with Crippen molar-refractivity contribution in [2.24, 2.45) is 0 Å². The molecular weight excluding hydrogens is 357 g/mol. The SMILES string of the molecule is CC(Nc1ccc([N+](=O)[O-])cc1I)c1cccnc1. The predicted octanol–water partition coefficient (Wildman–Crippen LogP) is 3.77. The van der Waals surface area contributed by atoms with Crippen LogP contribution in [0.4, 0.5) is 11.4 Å². The van der Waals surface area contributed by atoms with Crippen LogP contribution in [0, 0.1) is 13.7 Å². The Morgan fingerprint density at radius 1 is 1.42 bits per heavy atom. The molecule has 1 atom stereocenters. The number of hydrogen-bond acceptors (Lipinski definition) is 4. The number of nitro benzene ring substituents is 1. The molecule has 2 aromatic rings. The molecule has 0 aliphatic rings. The van der Waals surface area contributed by atoms with Crippen LogP contribution in [0.3, 0.4) is 0 Å². The van der Waals surface area contributed by atoms with E-state index in [-0.39, 0.29) is 11.7 Å². The molecule has 1 unspecified atom stereocenters. The van der Waals surface area contributed by atoms with E-state index in [2.05, 4.69) is 32.9 Å². The van der Waals surface area contributed by atoms with Gasteiger partial charge in [0.1, 0.15) is 0 Å². The molecule has 2 rings (SSSR count). The third-order valence-electron chi connectivity index (χ3n) is 2.72. The van der Waals surface area contributed by atoms with Crippen LogP contribution in [0.5, 0.6) is 0 Å². The summed E-state index contributed by atoms with van der Waals surface area (Å²) in [5.41, 5.74) is 2.04. The summed E-state index contributed by atoms with van der Waals surface area (Å²) in [7, 11) is 0. The molecule has 0 radical (unpaired) electrons. The molecule has 0 fully saturated rings. The number of benzene rings is 1. The van der Waals surface area contributed by atoms with E-state index in [1.807, 2.05) is 19.1 Å². The molecule has 0 amide bonds. The van der Waals surface area contributed by atoms with E-state index in [0.29, 0.717) is 0 Å². The van der Waals surface area contributed by atoms with Crippen LogP contribution in [0.15, 0.2) is 42.7 Å². The lowest BCUT2D eigenvalue weighted by molar-refractivity contribution is -0.384. The fourth-order valence-electron chi connectivity index (χ4n) is 1.68. The van der Waals surface area contributed by atoms with Crippen LogP contribution >= 0.6 is 22.6 Å². The fourth-order valence-corrected chi connectivity index (χ4v) is 2.34. The maximum atomic E-state index is 10.7. The van der Waals surface area contributed by atoms with Gasteiger partial charge < -0.3 is 5.32 Å². The zero-order valence-corrected chi connectivity index (χ0v) is 12.4. The van der Waals surface area contributed by atoms with Gasteiger partial charge in [0.05, 0.1) is 11.0 Å². The van der Waals surface area contributed by atoms with Crippen LogP contribution in [0.1, 0.15) is 18.5 Å². The van der Waals surface area contributed by atoms with E-state index in [0.717, 1.165) is 14.8 Å². The van der Waals surface area contributed by atoms with Crippen molar-refractivity contribution < 1.29 is 4.92 Å². The van der Waals surface area contributed by atoms with E-state index in [1.54, 1.807) is 24.5 Å². The second kappa shape index (κ2) is 5.96. The first kappa shape index (κ1) is 13.7. The van der Waals surface area contributed by atoms with Gasteiger partial charge >= 0.3 is 0 Å². The summed E-state index contributed by atoms with van der Waals surface area (Å²) in [6.07, 6.45) is 3.53. The molecule has 1 aromatic heterocycles. The van der Waals surface area contributed by atoms with Gasteiger partial charge in [-0.3, -0.25) is 15.1 Å². The minimum atomic E-state index is -0.392. The quantitative estimate of drug-likeness (QED) is 0.506. The monoisotopic (exact) mass is 369 g/mol. The summed E-state index contributed by atoms with van der Waals surface area (Å²) < 4.78 is 0.822. The van der Waals surface area contributed by atoms with Crippen molar-refractivity contribution >= 4 is 34.0 Å². The van der Waals surface area contributed by atoms with E-state index in [1.165, 1.54) is 6.07 Å². The first-order valence-corrected chi connectivity index (χ1v) is 6.76. The van der Waals surface area contributed by atoms with Crippen LogP contribution in [-0.2, 0) is 0 Å². The van der Waals surface area contributed by atoms with Crippen molar-refractivity contribution in [1.29, 1.82) is 0 Å². The number of non-ortho nitro benzene ring substituents is 1. The molecule has 5 nitrogen and oxygen atoms in total. The maximum absolute atomic E-state index is 10.7. The molecule has 0 spiro atoms. The van der Waals surface area contributed by atoms with Gasteiger partial charge in [0, 0.05) is 33.8 Å². The predicted molar refractivity (Wildman–Crippen MR) is 82.1 cm³/mol. The summed E-state index contributed by atoms with van der Waals surface area (Å²) in [5.74, 6) is 0. The zero-order chi connectivity index (χ0) is 13.8. The maximum Gasteiger partial charge on any atom is 0.270 e. The largest absolute Gasteiger partial charge is 0.378 e. The summed E-state index contributed by atoms with van der Waals surface area (Å²) >= 11 is 2.09. The van der Waals surface area contributed by atoms with Gasteiger partial charge in [0.15, 0.2) is 0 Å². The van der Waals surface area contributed by atoms with Crippen molar-refractivity contribution in [2.45, 2.75) is 13.0 Å². The van der Waals surface area contributed by atoms with Crippen molar-refractivity contribution in [1.82, 2.24) is 4.98 Å². The molecule has 6 heteroatoms. The second-order valence-electron chi connectivity index (χ2n) is 4.07. The Balaban J connectivity index is 2.18. The van der Waals surface area contributed by atoms with Crippen molar-refractivity contribution in [3.8, 4) is 0 Å². The molecule has 0 bridgehead atoms. The Kier molecular flexibility index (Phi) is 4.31. The van der Waals surface area contributed by atoms with Gasteiger partial charge in [0.2, 0.25) is 0 Å². The molecular formula is C13H12IN3O2. The highest BCUT2D eigenvalue weighted by Gasteiger charge is 2.11. The minimum absolute atomic E-state index is 0.0867. The summed E-state index contributed by atoms with van der Waals surface area (Å²) in [6.45, 7) is 2.02. The Labute approximate surface area is 124 Å². The Bertz CT molecular complexity index is 590. The lowest BCUT2D eigenvalue weighted by Gasteiger charge is -2.16. The second-order valence-corrected chi connectivity index (χ2v) is 5.24. The molecule has 0 saturated heterocycles. The van der Waals surface area contributed by atoms with E-state index >= 15 is 0 Å². The van der Waals surface area contributed by atoms with Gasteiger partial charge in [0.25, 0.3) is 5.69 Å². The van der Waals surface area contributed by atoms with Gasteiger partial charge in [-0.05, 0) is 47.2 Å². The number of nitrogens with one attached hydrogen (secondary N) is 1. The molecule has 0 saturated carbocycles. The average molecular weight is 369 g/mol. The summed E-state index contributed by atoms with van der Waals surface area (Å²) in [4.78, 5) is 14.4. The van der Waals surface area contributed by atoms with E-state index < -0.39 is 4.92 Å². The number of aromatic nitrogens is 1. The molecule has 0 aliphatic heterocycles.